The van der Waals surface area contributed by atoms with Crippen LogP contribution in [0.25, 0.3) is 22.6 Å². The lowest BCUT2D eigenvalue weighted by Gasteiger charge is -2.09. The topological polar surface area (TPSA) is 67.9 Å². The first-order valence-corrected chi connectivity index (χ1v) is 7.03. The summed E-state index contributed by atoms with van der Waals surface area (Å²) in [7, 11) is 0. The number of rotatable bonds is 2. The number of aromatic nitrogens is 3. The third-order valence-electron chi connectivity index (χ3n) is 2.88. The third-order valence-corrected chi connectivity index (χ3v) is 3.31. The highest BCUT2D eigenvalue weighted by molar-refractivity contribution is 9.10. The van der Waals surface area contributed by atoms with Crippen LogP contribution >= 0.6 is 15.9 Å². The Morgan fingerprint density at radius 2 is 2.00 bits per heavy atom. The molecule has 3 aromatic rings. The molecule has 118 valence electrons. The van der Waals surface area contributed by atoms with Gasteiger partial charge in [-0.1, -0.05) is 12.1 Å². The Kier molecular flexibility index (Phi) is 3.80. The number of nitrogens with zero attached hydrogens (tertiary/aromatic N) is 2. The van der Waals surface area contributed by atoms with Crippen molar-refractivity contribution in [1.82, 2.24) is 15.0 Å². The molecule has 0 radical (unpaired) electrons. The summed E-state index contributed by atoms with van der Waals surface area (Å²) in [4.78, 5) is 22.3. The van der Waals surface area contributed by atoms with Crippen molar-refractivity contribution >= 4 is 33.1 Å². The van der Waals surface area contributed by atoms with Gasteiger partial charge < -0.3 is 9.72 Å². The Hall–Kier alpha value is -2.42. The quantitative estimate of drug-likeness (QED) is 0.537. The number of imidazole rings is 1. The van der Waals surface area contributed by atoms with Crippen molar-refractivity contribution in [2.45, 2.75) is 6.18 Å². The van der Waals surface area contributed by atoms with E-state index in [0.29, 0.717) is 15.6 Å². The predicted octanol–water partition coefficient (Wildman–Crippen LogP) is 3.86. The molecule has 0 aliphatic carbocycles. The highest BCUT2D eigenvalue weighted by Gasteiger charge is 2.41. The fourth-order valence-corrected chi connectivity index (χ4v) is 2.23. The average molecular weight is 386 g/mol. The van der Waals surface area contributed by atoms with E-state index in [4.69, 9.17) is 0 Å². The molecule has 0 unspecified atom stereocenters. The van der Waals surface area contributed by atoms with Crippen LogP contribution in [-0.2, 0) is 4.79 Å². The first kappa shape index (κ1) is 15.5. The smallest absolute Gasteiger partial charge is 0.419 e. The first-order chi connectivity index (χ1) is 10.8. The number of para-hydroxylation sites is 1. The Labute approximate surface area is 135 Å². The number of ether oxygens (including phenoxy) is 1. The number of hydrogen-bond acceptors (Lipinski definition) is 4. The number of carbonyl (C=O) groups excluding carboxylic acids is 1. The van der Waals surface area contributed by atoms with E-state index in [-0.39, 0.29) is 17.1 Å². The molecule has 23 heavy (non-hydrogen) atoms. The number of nitrogens with one attached hydrogen (secondary N) is 1. The lowest BCUT2D eigenvalue weighted by Crippen LogP contribution is -2.28. The molecule has 3 rings (SSSR count). The molecule has 1 N–H and O–H groups in total. The van der Waals surface area contributed by atoms with Crippen molar-refractivity contribution in [2.75, 3.05) is 0 Å². The largest absolute Gasteiger partial charge is 0.491 e. The molecule has 2 aromatic heterocycles. The molecule has 0 aliphatic heterocycles. The molecule has 0 atom stereocenters. The molecular formula is C14H7BrF3N3O2. The van der Waals surface area contributed by atoms with Crippen LogP contribution in [0.2, 0.25) is 0 Å². The zero-order valence-corrected chi connectivity index (χ0v) is 12.8. The van der Waals surface area contributed by atoms with Gasteiger partial charge in [0, 0.05) is 10.7 Å². The summed E-state index contributed by atoms with van der Waals surface area (Å²) in [6, 6.07) is 7.50. The van der Waals surface area contributed by atoms with Gasteiger partial charge in [0.25, 0.3) is 0 Å². The van der Waals surface area contributed by atoms with Crippen LogP contribution in [-0.4, -0.2) is 27.1 Å². The maximum atomic E-state index is 12.4. The van der Waals surface area contributed by atoms with E-state index in [0.717, 1.165) is 0 Å². The molecule has 5 nitrogen and oxygen atoms in total. The number of benzene rings is 1. The number of esters is 1. The van der Waals surface area contributed by atoms with Gasteiger partial charge in [-0.3, -0.25) is 0 Å². The Morgan fingerprint density at radius 3 is 2.74 bits per heavy atom. The number of H-pyrrole nitrogens is 1. The SMILES string of the molecule is O=C(Oc1ccccc1-c1nc2cc(Br)cnc2[nH]1)C(F)(F)F. The minimum atomic E-state index is -5.08. The van der Waals surface area contributed by atoms with Gasteiger partial charge in [-0.05, 0) is 34.1 Å². The lowest BCUT2D eigenvalue weighted by atomic mass is 10.2. The van der Waals surface area contributed by atoms with E-state index < -0.39 is 12.1 Å². The Bertz CT molecular complexity index is 892. The van der Waals surface area contributed by atoms with E-state index in [1.54, 1.807) is 18.3 Å². The van der Waals surface area contributed by atoms with Gasteiger partial charge in [-0.15, -0.1) is 0 Å². The zero-order valence-electron chi connectivity index (χ0n) is 11.2. The van der Waals surface area contributed by atoms with E-state index in [1.165, 1.54) is 18.2 Å². The summed E-state index contributed by atoms with van der Waals surface area (Å²) in [5.41, 5.74) is 1.20. The van der Waals surface area contributed by atoms with Gasteiger partial charge in [0.1, 0.15) is 17.1 Å². The number of alkyl halides is 3. The van der Waals surface area contributed by atoms with E-state index in [9.17, 15) is 18.0 Å². The highest BCUT2D eigenvalue weighted by atomic mass is 79.9. The average Bonchev–Trinajstić information content (AvgIpc) is 2.89. The molecule has 0 fully saturated rings. The molecule has 0 aliphatic rings. The monoisotopic (exact) mass is 385 g/mol. The van der Waals surface area contributed by atoms with Crippen molar-refractivity contribution < 1.29 is 22.7 Å². The number of carbonyl (C=O) groups is 1. The maximum absolute atomic E-state index is 12.4. The van der Waals surface area contributed by atoms with Crippen LogP contribution in [0.1, 0.15) is 0 Å². The van der Waals surface area contributed by atoms with Gasteiger partial charge in [0.05, 0.1) is 5.56 Å². The van der Waals surface area contributed by atoms with Gasteiger partial charge in [0.2, 0.25) is 0 Å². The minimum Gasteiger partial charge on any atom is -0.419 e. The van der Waals surface area contributed by atoms with E-state index in [1.807, 2.05) is 0 Å². The summed E-state index contributed by atoms with van der Waals surface area (Å²) in [5, 5.41) is 0. The Balaban J connectivity index is 2.03. The number of pyridine rings is 1. The van der Waals surface area contributed by atoms with Crippen molar-refractivity contribution in [3.8, 4) is 17.1 Å². The first-order valence-electron chi connectivity index (χ1n) is 6.24. The van der Waals surface area contributed by atoms with Gasteiger partial charge >= 0.3 is 12.1 Å². The van der Waals surface area contributed by atoms with Crippen molar-refractivity contribution in [2.24, 2.45) is 0 Å². The van der Waals surface area contributed by atoms with Crippen LogP contribution < -0.4 is 4.74 Å². The van der Waals surface area contributed by atoms with Crippen LogP contribution in [0, 0.1) is 0 Å². The van der Waals surface area contributed by atoms with Crippen LogP contribution in [0.5, 0.6) is 5.75 Å². The number of aromatic amines is 1. The van der Waals surface area contributed by atoms with Crippen molar-refractivity contribution in [3.05, 3.63) is 41.0 Å². The summed E-state index contributed by atoms with van der Waals surface area (Å²) in [6.45, 7) is 0. The normalized spacial score (nSPS) is 11.7. The van der Waals surface area contributed by atoms with E-state index >= 15 is 0 Å². The number of fused-ring (bicyclic) bond motifs is 1. The number of hydrogen-bond donors (Lipinski definition) is 1. The lowest BCUT2D eigenvalue weighted by molar-refractivity contribution is -0.189. The zero-order chi connectivity index (χ0) is 16.6. The van der Waals surface area contributed by atoms with Crippen molar-refractivity contribution in [1.29, 1.82) is 0 Å². The van der Waals surface area contributed by atoms with Crippen molar-refractivity contribution in [3.63, 3.8) is 0 Å². The minimum absolute atomic E-state index is 0.222. The molecule has 9 heteroatoms. The summed E-state index contributed by atoms with van der Waals surface area (Å²) >= 11 is 3.26. The number of halogens is 4. The predicted molar refractivity (Wildman–Crippen MR) is 78.7 cm³/mol. The second-order valence-electron chi connectivity index (χ2n) is 4.49. The van der Waals surface area contributed by atoms with Gasteiger partial charge in [-0.25, -0.2) is 14.8 Å². The van der Waals surface area contributed by atoms with E-state index in [2.05, 4.69) is 35.6 Å². The molecule has 0 saturated carbocycles. The van der Waals surface area contributed by atoms with Gasteiger partial charge in [-0.2, -0.15) is 13.2 Å². The second kappa shape index (κ2) is 5.65. The Morgan fingerprint density at radius 1 is 1.26 bits per heavy atom. The summed E-state index contributed by atoms with van der Waals surface area (Å²) < 4.78 is 42.2. The van der Waals surface area contributed by atoms with Crippen LogP contribution in [0.4, 0.5) is 13.2 Å². The molecule has 0 saturated heterocycles. The second-order valence-corrected chi connectivity index (χ2v) is 5.41. The molecule has 1 aromatic carbocycles. The molecule has 2 heterocycles. The molecular weight excluding hydrogens is 379 g/mol. The standard InChI is InChI=1S/C14H7BrF3N3O2/c15-7-5-9-12(19-6-7)21-11(20-9)8-3-1-2-4-10(8)23-13(22)14(16,17)18/h1-6H,(H,19,20,21). The molecule has 0 amide bonds. The maximum Gasteiger partial charge on any atom is 0.491 e. The summed E-state index contributed by atoms with van der Waals surface area (Å²) in [5.74, 6) is -2.29. The third kappa shape index (κ3) is 3.19. The molecule has 0 spiro atoms. The van der Waals surface area contributed by atoms with Gasteiger partial charge in [0.15, 0.2) is 5.65 Å². The summed E-state index contributed by atoms with van der Waals surface area (Å²) in [6.07, 6.45) is -3.52. The van der Waals surface area contributed by atoms with Crippen LogP contribution in [0.15, 0.2) is 41.0 Å². The highest BCUT2D eigenvalue weighted by Crippen LogP contribution is 2.31. The fraction of sp³-hybridized carbons (Fsp3) is 0.0714. The molecule has 0 bridgehead atoms. The fourth-order valence-electron chi connectivity index (χ4n) is 1.91. The van der Waals surface area contributed by atoms with Crippen LogP contribution in [0.3, 0.4) is 0 Å².